The quantitative estimate of drug-likeness (QED) is 0.0222. The van der Waals surface area contributed by atoms with Crippen LogP contribution >= 0.6 is 15.6 Å². The second-order valence-electron chi connectivity index (χ2n) is 27.1. The van der Waals surface area contributed by atoms with Crippen molar-refractivity contribution in [3.63, 3.8) is 0 Å². The molecule has 0 radical (unpaired) electrons. The van der Waals surface area contributed by atoms with Crippen molar-refractivity contribution >= 4 is 39.5 Å². The monoisotopic (exact) mass is 1320 g/mol. The highest BCUT2D eigenvalue weighted by atomic mass is 31.2. The summed E-state index contributed by atoms with van der Waals surface area (Å²) in [5.41, 5.74) is 0. The molecule has 0 saturated carbocycles. The zero-order chi connectivity index (χ0) is 66.6. The van der Waals surface area contributed by atoms with E-state index in [1.165, 1.54) is 161 Å². The van der Waals surface area contributed by atoms with Crippen LogP contribution in [0.4, 0.5) is 0 Å². The molecular formula is C71H138O17P2. The number of aliphatic hydroxyl groups excluding tert-OH is 1. The van der Waals surface area contributed by atoms with Gasteiger partial charge in [0, 0.05) is 25.7 Å². The van der Waals surface area contributed by atoms with E-state index in [1.807, 2.05) is 0 Å². The minimum absolute atomic E-state index is 0.102. The standard InChI is InChI=1S/C71H138O17P2/c1-8-9-10-11-12-13-14-15-16-17-18-19-20-21-22-25-31-40-47-54-70(75)87-66(58-81-68(73)52-45-38-30-26-23-24-28-35-42-49-62(2)3)60-85-89(77,78)83-56-65(72)57-84-90(79,80)86-61-67(59-82-69(74)53-46-39-34-33-37-44-51-64(6)7)88-71(76)55-48-41-32-27-29-36-43-50-63(4)5/h62-67,72H,8-61H2,1-7H3,(H,77,78)(H,79,80)/t65-,66-,67-/m1/s1. The number of carbonyl (C=O) groups is 4. The van der Waals surface area contributed by atoms with Crippen LogP contribution in [0.3, 0.4) is 0 Å². The molecule has 534 valence electrons. The van der Waals surface area contributed by atoms with Crippen LogP contribution in [0.5, 0.6) is 0 Å². The molecule has 0 saturated heterocycles. The predicted molar refractivity (Wildman–Crippen MR) is 363 cm³/mol. The predicted octanol–water partition coefficient (Wildman–Crippen LogP) is 20.2. The van der Waals surface area contributed by atoms with E-state index in [1.54, 1.807) is 0 Å². The maximum Gasteiger partial charge on any atom is 0.472 e. The van der Waals surface area contributed by atoms with Crippen molar-refractivity contribution in [2.24, 2.45) is 17.8 Å². The van der Waals surface area contributed by atoms with Gasteiger partial charge in [-0.2, -0.15) is 0 Å². The molecule has 0 bridgehead atoms. The Morgan fingerprint density at radius 3 is 0.756 bits per heavy atom. The first-order valence-electron chi connectivity index (χ1n) is 36.8. The van der Waals surface area contributed by atoms with E-state index in [-0.39, 0.29) is 25.7 Å². The van der Waals surface area contributed by atoms with E-state index < -0.39 is 97.5 Å². The fourth-order valence-electron chi connectivity index (χ4n) is 10.7. The molecule has 0 aliphatic carbocycles. The van der Waals surface area contributed by atoms with Crippen LogP contribution in [-0.4, -0.2) is 96.7 Å². The van der Waals surface area contributed by atoms with Gasteiger partial charge in [-0.3, -0.25) is 37.3 Å². The summed E-state index contributed by atoms with van der Waals surface area (Å²) in [5.74, 6) is -0.0115. The van der Waals surface area contributed by atoms with E-state index in [2.05, 4.69) is 48.5 Å². The lowest BCUT2D eigenvalue weighted by atomic mass is 10.0. The highest BCUT2D eigenvalue weighted by Gasteiger charge is 2.30. The first kappa shape index (κ1) is 88.1. The molecule has 0 amide bonds. The third kappa shape index (κ3) is 64.8. The Balaban J connectivity index is 5.20. The Labute approximate surface area is 549 Å². The Morgan fingerprint density at radius 2 is 0.511 bits per heavy atom. The summed E-state index contributed by atoms with van der Waals surface area (Å²) in [5, 5.41) is 10.6. The van der Waals surface area contributed by atoms with Crippen molar-refractivity contribution < 1.29 is 80.2 Å². The number of ether oxygens (including phenoxy) is 4. The zero-order valence-corrected chi connectivity index (χ0v) is 60.4. The van der Waals surface area contributed by atoms with Gasteiger partial charge in [-0.1, -0.05) is 305 Å². The van der Waals surface area contributed by atoms with Crippen molar-refractivity contribution in [1.82, 2.24) is 0 Å². The molecule has 0 aromatic rings. The molecular weight excluding hydrogens is 1190 g/mol. The Hall–Kier alpha value is -1.94. The summed E-state index contributed by atoms with van der Waals surface area (Å²) in [6.07, 6.45) is 46.2. The van der Waals surface area contributed by atoms with Crippen molar-refractivity contribution in [3.8, 4) is 0 Å². The maximum absolute atomic E-state index is 13.0. The summed E-state index contributed by atoms with van der Waals surface area (Å²) >= 11 is 0. The summed E-state index contributed by atoms with van der Waals surface area (Å²) in [7, 11) is -9.90. The maximum atomic E-state index is 13.0. The van der Waals surface area contributed by atoms with Crippen LogP contribution in [0.25, 0.3) is 0 Å². The lowest BCUT2D eigenvalue weighted by Crippen LogP contribution is -2.30. The second-order valence-corrected chi connectivity index (χ2v) is 30.0. The van der Waals surface area contributed by atoms with E-state index in [4.69, 9.17) is 37.0 Å². The van der Waals surface area contributed by atoms with E-state index in [9.17, 15) is 43.2 Å². The third-order valence-electron chi connectivity index (χ3n) is 16.4. The molecule has 0 fully saturated rings. The second kappa shape index (κ2) is 61.9. The van der Waals surface area contributed by atoms with Crippen LogP contribution in [0, 0.1) is 17.8 Å². The van der Waals surface area contributed by atoms with Gasteiger partial charge in [-0.15, -0.1) is 0 Å². The van der Waals surface area contributed by atoms with E-state index in [0.29, 0.717) is 37.5 Å². The first-order valence-corrected chi connectivity index (χ1v) is 39.8. The Kier molecular flexibility index (Phi) is 60.6. The summed E-state index contributed by atoms with van der Waals surface area (Å²) < 4.78 is 68.2. The van der Waals surface area contributed by atoms with E-state index >= 15 is 0 Å². The number of aliphatic hydroxyl groups is 1. The van der Waals surface area contributed by atoms with Gasteiger partial charge in [0.15, 0.2) is 12.2 Å². The zero-order valence-electron chi connectivity index (χ0n) is 58.6. The first-order chi connectivity index (χ1) is 43.2. The molecule has 0 heterocycles. The van der Waals surface area contributed by atoms with Gasteiger partial charge in [0.05, 0.1) is 26.4 Å². The van der Waals surface area contributed by atoms with Crippen molar-refractivity contribution in [3.05, 3.63) is 0 Å². The molecule has 0 rings (SSSR count). The SMILES string of the molecule is CCCCCCCCCCCCCCCCCCCCCC(=O)O[C@H](COC(=O)CCCCCCCCCCCC(C)C)COP(=O)(O)OC[C@@H](O)COP(=O)(O)OC[C@@H](COC(=O)CCCCCCCCC(C)C)OC(=O)CCCCCCCCCC(C)C. The number of phosphoric ester groups is 2. The van der Waals surface area contributed by atoms with Gasteiger partial charge < -0.3 is 33.8 Å². The van der Waals surface area contributed by atoms with Gasteiger partial charge in [-0.25, -0.2) is 9.13 Å². The van der Waals surface area contributed by atoms with Crippen LogP contribution < -0.4 is 0 Å². The fourth-order valence-corrected chi connectivity index (χ4v) is 12.3. The number of rotatable bonds is 69. The van der Waals surface area contributed by atoms with Gasteiger partial charge in [0.25, 0.3) is 0 Å². The third-order valence-corrected chi connectivity index (χ3v) is 18.3. The number of esters is 4. The van der Waals surface area contributed by atoms with Crippen LogP contribution in [0.2, 0.25) is 0 Å². The highest BCUT2D eigenvalue weighted by Crippen LogP contribution is 2.45. The van der Waals surface area contributed by atoms with Gasteiger partial charge in [0.2, 0.25) is 0 Å². The summed E-state index contributed by atoms with van der Waals surface area (Å²) in [4.78, 5) is 72.5. The molecule has 90 heavy (non-hydrogen) atoms. The molecule has 3 N–H and O–H groups in total. The minimum Gasteiger partial charge on any atom is -0.462 e. The summed E-state index contributed by atoms with van der Waals surface area (Å²) in [6.45, 7) is 11.7. The topological polar surface area (TPSA) is 237 Å². The molecule has 0 spiro atoms. The number of phosphoric acid groups is 2. The molecule has 0 aromatic heterocycles. The average Bonchev–Trinajstić information content (AvgIpc) is 2.87. The van der Waals surface area contributed by atoms with Gasteiger partial charge in [0.1, 0.15) is 19.3 Å². The van der Waals surface area contributed by atoms with Gasteiger partial charge >= 0.3 is 39.5 Å². The number of carbonyl (C=O) groups excluding carboxylic acids is 4. The number of hydrogen-bond donors (Lipinski definition) is 3. The summed E-state index contributed by atoms with van der Waals surface area (Å²) in [6, 6.07) is 0. The molecule has 5 atom stereocenters. The lowest BCUT2D eigenvalue weighted by Gasteiger charge is -2.21. The smallest absolute Gasteiger partial charge is 0.462 e. The average molecular weight is 1330 g/mol. The molecule has 17 nitrogen and oxygen atoms in total. The van der Waals surface area contributed by atoms with Gasteiger partial charge in [-0.05, 0) is 43.4 Å². The van der Waals surface area contributed by atoms with E-state index in [0.717, 1.165) is 102 Å². The Morgan fingerprint density at radius 1 is 0.300 bits per heavy atom. The van der Waals surface area contributed by atoms with Crippen molar-refractivity contribution in [1.29, 1.82) is 0 Å². The van der Waals surface area contributed by atoms with Crippen LogP contribution in [0.15, 0.2) is 0 Å². The van der Waals surface area contributed by atoms with Crippen molar-refractivity contribution in [2.45, 2.75) is 375 Å². The minimum atomic E-state index is -4.95. The largest absolute Gasteiger partial charge is 0.472 e. The highest BCUT2D eigenvalue weighted by molar-refractivity contribution is 7.47. The molecule has 19 heteroatoms. The van der Waals surface area contributed by atoms with Crippen LogP contribution in [0.1, 0.15) is 357 Å². The lowest BCUT2D eigenvalue weighted by molar-refractivity contribution is -0.161. The number of hydrogen-bond acceptors (Lipinski definition) is 15. The fraction of sp³-hybridized carbons (Fsp3) is 0.944. The van der Waals surface area contributed by atoms with Crippen LogP contribution in [-0.2, 0) is 65.4 Å². The van der Waals surface area contributed by atoms with Crippen molar-refractivity contribution in [2.75, 3.05) is 39.6 Å². The molecule has 0 aliphatic heterocycles. The normalized spacial score (nSPS) is 14.2. The molecule has 2 unspecified atom stereocenters. The Bertz CT molecular complexity index is 1770. The molecule has 0 aromatic carbocycles. The number of unbranched alkanes of at least 4 members (excludes halogenated alkanes) is 37. The molecule has 0 aliphatic rings.